The standard InChI is InChI=1S/C21H18N2O6/c1-4-13-7-9-14(10-8-13)12-29-21(26)18-17(20(25)28-3)16(19(24)27-2)15-6-5-11-22-23(15)18/h4-11H,1,12H2,2-3H3. The number of methoxy groups -OCH3 is 2. The molecule has 0 aliphatic rings. The lowest BCUT2D eigenvalue weighted by Crippen LogP contribution is -2.16. The maximum Gasteiger partial charge on any atom is 0.358 e. The van der Waals surface area contributed by atoms with Crippen LogP contribution in [0.5, 0.6) is 0 Å². The van der Waals surface area contributed by atoms with Gasteiger partial charge in [0.2, 0.25) is 0 Å². The van der Waals surface area contributed by atoms with Crippen molar-refractivity contribution in [3.05, 3.63) is 77.1 Å². The monoisotopic (exact) mass is 394 g/mol. The first-order valence-electron chi connectivity index (χ1n) is 8.56. The lowest BCUT2D eigenvalue weighted by atomic mass is 10.1. The largest absolute Gasteiger partial charge is 0.465 e. The van der Waals surface area contributed by atoms with Gasteiger partial charge >= 0.3 is 17.9 Å². The Morgan fingerprint density at radius 1 is 1.00 bits per heavy atom. The SMILES string of the molecule is C=Cc1ccc(COC(=O)c2c(C(=O)OC)c(C(=O)OC)c3cccnn23)cc1. The van der Waals surface area contributed by atoms with E-state index in [1.54, 1.807) is 24.3 Å². The first kappa shape index (κ1) is 19.8. The number of benzene rings is 1. The number of fused-ring (bicyclic) bond motifs is 1. The van der Waals surface area contributed by atoms with Gasteiger partial charge in [-0.3, -0.25) is 0 Å². The maximum atomic E-state index is 12.9. The van der Waals surface area contributed by atoms with Gasteiger partial charge < -0.3 is 14.2 Å². The summed E-state index contributed by atoms with van der Waals surface area (Å²) in [5, 5.41) is 4.08. The summed E-state index contributed by atoms with van der Waals surface area (Å²) in [7, 11) is 2.32. The number of carbonyl (C=O) groups is 3. The summed E-state index contributed by atoms with van der Waals surface area (Å²) in [6.07, 6.45) is 3.12. The Morgan fingerprint density at radius 2 is 1.66 bits per heavy atom. The van der Waals surface area contributed by atoms with E-state index in [-0.39, 0.29) is 28.9 Å². The molecule has 0 atom stereocenters. The van der Waals surface area contributed by atoms with Gasteiger partial charge in [-0.05, 0) is 23.3 Å². The summed E-state index contributed by atoms with van der Waals surface area (Å²) >= 11 is 0. The van der Waals surface area contributed by atoms with E-state index in [4.69, 9.17) is 14.2 Å². The number of rotatable bonds is 6. The molecule has 0 radical (unpaired) electrons. The van der Waals surface area contributed by atoms with Gasteiger partial charge in [-0.2, -0.15) is 5.10 Å². The minimum atomic E-state index is -0.877. The van der Waals surface area contributed by atoms with Gasteiger partial charge in [0.05, 0.1) is 19.7 Å². The Morgan fingerprint density at radius 3 is 2.28 bits per heavy atom. The Bertz CT molecular complexity index is 1100. The Labute approximate surface area is 166 Å². The van der Waals surface area contributed by atoms with E-state index in [2.05, 4.69) is 11.7 Å². The average Bonchev–Trinajstić information content (AvgIpc) is 3.12. The lowest BCUT2D eigenvalue weighted by Gasteiger charge is -2.07. The van der Waals surface area contributed by atoms with E-state index in [1.165, 1.54) is 23.9 Å². The van der Waals surface area contributed by atoms with Crippen molar-refractivity contribution in [2.24, 2.45) is 0 Å². The Balaban J connectivity index is 2.04. The number of aromatic nitrogens is 2. The minimum absolute atomic E-state index is 0.0372. The number of nitrogens with zero attached hydrogens (tertiary/aromatic N) is 2. The van der Waals surface area contributed by atoms with Crippen molar-refractivity contribution in [2.75, 3.05) is 14.2 Å². The molecule has 29 heavy (non-hydrogen) atoms. The highest BCUT2D eigenvalue weighted by Gasteiger charge is 2.34. The fourth-order valence-electron chi connectivity index (χ4n) is 2.86. The lowest BCUT2D eigenvalue weighted by molar-refractivity contribution is 0.0447. The summed E-state index contributed by atoms with van der Waals surface area (Å²) < 4.78 is 16.1. The molecule has 1 aromatic carbocycles. The highest BCUT2D eigenvalue weighted by Crippen LogP contribution is 2.26. The van der Waals surface area contributed by atoms with Crippen LogP contribution in [0.4, 0.5) is 0 Å². The van der Waals surface area contributed by atoms with Crippen LogP contribution in [0.25, 0.3) is 11.6 Å². The third-order valence-corrected chi connectivity index (χ3v) is 4.26. The number of carbonyl (C=O) groups excluding carboxylic acids is 3. The zero-order valence-electron chi connectivity index (χ0n) is 15.9. The normalized spacial score (nSPS) is 10.4. The van der Waals surface area contributed by atoms with Gasteiger partial charge in [-0.15, -0.1) is 0 Å². The molecule has 0 fully saturated rings. The van der Waals surface area contributed by atoms with Crippen molar-refractivity contribution >= 4 is 29.5 Å². The summed E-state index contributed by atoms with van der Waals surface area (Å²) in [5.41, 5.74) is 1.31. The quantitative estimate of drug-likeness (QED) is 0.468. The highest BCUT2D eigenvalue weighted by atomic mass is 16.5. The van der Waals surface area contributed by atoms with Gasteiger partial charge in [0.25, 0.3) is 0 Å². The molecule has 0 saturated carbocycles. The molecule has 8 heteroatoms. The van der Waals surface area contributed by atoms with E-state index < -0.39 is 17.9 Å². The first-order valence-corrected chi connectivity index (χ1v) is 8.56. The van der Waals surface area contributed by atoms with E-state index in [9.17, 15) is 14.4 Å². The van der Waals surface area contributed by atoms with Crippen LogP contribution >= 0.6 is 0 Å². The molecule has 0 bridgehead atoms. The average molecular weight is 394 g/mol. The van der Waals surface area contributed by atoms with Crippen LogP contribution in [-0.4, -0.2) is 41.7 Å². The van der Waals surface area contributed by atoms with Crippen LogP contribution < -0.4 is 0 Å². The third kappa shape index (κ3) is 3.73. The zero-order valence-corrected chi connectivity index (χ0v) is 15.9. The van der Waals surface area contributed by atoms with Gasteiger partial charge in [-0.1, -0.05) is 36.9 Å². The predicted octanol–water partition coefficient (Wildman–Crippen LogP) is 2.91. The molecular formula is C21H18N2O6. The molecule has 0 N–H and O–H groups in total. The van der Waals surface area contributed by atoms with Gasteiger partial charge in [0, 0.05) is 6.20 Å². The van der Waals surface area contributed by atoms with Crippen LogP contribution in [0.15, 0.2) is 49.2 Å². The van der Waals surface area contributed by atoms with Crippen molar-refractivity contribution in [3.8, 4) is 0 Å². The van der Waals surface area contributed by atoms with Gasteiger partial charge in [-0.25, -0.2) is 18.9 Å². The molecule has 0 amide bonds. The molecule has 2 heterocycles. The van der Waals surface area contributed by atoms with Crippen LogP contribution in [0, 0.1) is 0 Å². The van der Waals surface area contributed by atoms with Crippen molar-refractivity contribution in [1.29, 1.82) is 0 Å². The molecule has 0 aliphatic carbocycles. The second kappa shape index (κ2) is 8.39. The highest BCUT2D eigenvalue weighted by molar-refractivity contribution is 6.14. The summed E-state index contributed by atoms with van der Waals surface area (Å²) in [5.74, 6) is -2.50. The number of hydrogen-bond donors (Lipinski definition) is 0. The topological polar surface area (TPSA) is 96.2 Å². The number of esters is 3. The minimum Gasteiger partial charge on any atom is -0.465 e. The second-order valence-electron chi connectivity index (χ2n) is 5.92. The zero-order chi connectivity index (χ0) is 21.0. The van der Waals surface area contributed by atoms with Crippen LogP contribution in [0.3, 0.4) is 0 Å². The fraction of sp³-hybridized carbons (Fsp3) is 0.143. The van der Waals surface area contributed by atoms with E-state index in [1.807, 2.05) is 12.1 Å². The molecule has 0 unspecified atom stereocenters. The maximum absolute atomic E-state index is 12.9. The molecule has 8 nitrogen and oxygen atoms in total. The van der Waals surface area contributed by atoms with Crippen molar-refractivity contribution in [3.63, 3.8) is 0 Å². The molecule has 3 aromatic rings. The molecule has 2 aromatic heterocycles. The summed E-state index contributed by atoms with van der Waals surface area (Å²) in [6.45, 7) is 3.65. The van der Waals surface area contributed by atoms with Crippen molar-refractivity contribution < 1.29 is 28.6 Å². The second-order valence-corrected chi connectivity index (χ2v) is 5.92. The summed E-state index contributed by atoms with van der Waals surface area (Å²) in [4.78, 5) is 37.6. The molecule has 3 rings (SSSR count). The van der Waals surface area contributed by atoms with Crippen molar-refractivity contribution in [1.82, 2.24) is 9.61 Å². The number of hydrogen-bond acceptors (Lipinski definition) is 7. The van der Waals surface area contributed by atoms with Crippen LogP contribution in [0.1, 0.15) is 42.3 Å². The fourth-order valence-corrected chi connectivity index (χ4v) is 2.86. The first-order chi connectivity index (χ1) is 14.0. The molecule has 148 valence electrons. The van der Waals surface area contributed by atoms with Gasteiger partial charge in [0.1, 0.15) is 17.7 Å². The third-order valence-electron chi connectivity index (χ3n) is 4.26. The molecule has 0 saturated heterocycles. The molecule has 0 aliphatic heterocycles. The summed E-state index contributed by atoms with van der Waals surface area (Å²) in [6, 6.07) is 10.4. The van der Waals surface area contributed by atoms with Gasteiger partial charge in [0.15, 0.2) is 5.69 Å². The molecule has 0 spiro atoms. The Kier molecular flexibility index (Phi) is 5.73. The van der Waals surface area contributed by atoms with E-state index in [0.717, 1.165) is 18.2 Å². The predicted molar refractivity (Wildman–Crippen MR) is 104 cm³/mol. The molecular weight excluding hydrogens is 376 g/mol. The van der Waals surface area contributed by atoms with E-state index in [0.29, 0.717) is 0 Å². The van der Waals surface area contributed by atoms with Crippen molar-refractivity contribution in [2.45, 2.75) is 6.61 Å². The van der Waals surface area contributed by atoms with Crippen LogP contribution in [-0.2, 0) is 20.8 Å². The Hall–Kier alpha value is -3.94. The van der Waals surface area contributed by atoms with Crippen LogP contribution in [0.2, 0.25) is 0 Å². The van der Waals surface area contributed by atoms with E-state index >= 15 is 0 Å². The smallest absolute Gasteiger partial charge is 0.358 e. The number of ether oxygens (including phenoxy) is 3.